The second kappa shape index (κ2) is 8.89. The third kappa shape index (κ3) is 4.98. The summed E-state index contributed by atoms with van der Waals surface area (Å²) in [5, 5.41) is 3.28. The molecule has 1 aromatic heterocycles. The average Bonchev–Trinajstić information content (AvgIpc) is 3.04. The number of nitrogens with zero attached hydrogens (tertiary/aromatic N) is 1. The highest BCUT2D eigenvalue weighted by Gasteiger charge is 2.21. The molecule has 134 valence electrons. The summed E-state index contributed by atoms with van der Waals surface area (Å²) in [7, 11) is 1.53. The number of ether oxygens (including phenoxy) is 1. The summed E-state index contributed by atoms with van der Waals surface area (Å²) in [6.45, 7) is 2.22. The summed E-state index contributed by atoms with van der Waals surface area (Å²) in [5.74, 6) is -0.106. The second-order valence-corrected chi connectivity index (χ2v) is 5.98. The van der Waals surface area contributed by atoms with Crippen molar-refractivity contribution in [1.29, 1.82) is 0 Å². The number of halogens is 2. The van der Waals surface area contributed by atoms with E-state index >= 15 is 0 Å². The Morgan fingerprint density at radius 3 is 2.48 bits per heavy atom. The van der Waals surface area contributed by atoms with E-state index in [9.17, 15) is 9.59 Å². The molecule has 6 nitrogen and oxygen atoms in total. The highest BCUT2D eigenvalue weighted by Crippen LogP contribution is 2.29. The molecule has 0 bridgehead atoms. The lowest BCUT2D eigenvalue weighted by molar-refractivity contribution is -0.116. The molecule has 0 radical (unpaired) electrons. The number of rotatable bonds is 7. The van der Waals surface area contributed by atoms with Gasteiger partial charge in [0.05, 0.1) is 15.7 Å². The van der Waals surface area contributed by atoms with Crippen molar-refractivity contribution in [2.45, 2.75) is 13.5 Å². The van der Waals surface area contributed by atoms with Gasteiger partial charge in [0, 0.05) is 13.7 Å². The van der Waals surface area contributed by atoms with Gasteiger partial charge < -0.3 is 19.4 Å². The first-order chi connectivity index (χ1) is 12.0. The van der Waals surface area contributed by atoms with E-state index in [-0.39, 0.29) is 24.8 Å². The molecule has 1 N–H and O–H groups in total. The summed E-state index contributed by atoms with van der Waals surface area (Å²) in [4.78, 5) is 26.1. The van der Waals surface area contributed by atoms with Crippen molar-refractivity contribution in [3.63, 3.8) is 0 Å². The molecule has 0 saturated heterocycles. The van der Waals surface area contributed by atoms with Crippen molar-refractivity contribution < 1.29 is 18.7 Å². The van der Waals surface area contributed by atoms with Crippen LogP contribution in [0.2, 0.25) is 10.0 Å². The van der Waals surface area contributed by atoms with E-state index in [0.29, 0.717) is 28.0 Å². The maximum Gasteiger partial charge on any atom is 0.290 e. The van der Waals surface area contributed by atoms with E-state index < -0.39 is 5.91 Å². The van der Waals surface area contributed by atoms with Crippen molar-refractivity contribution in [3.05, 3.63) is 51.9 Å². The Balaban J connectivity index is 2.05. The zero-order chi connectivity index (χ0) is 18.4. The van der Waals surface area contributed by atoms with Crippen molar-refractivity contribution in [3.8, 4) is 0 Å². The van der Waals surface area contributed by atoms with Gasteiger partial charge in [0.15, 0.2) is 5.76 Å². The number of anilines is 1. The number of benzene rings is 1. The number of hydrogen-bond donors (Lipinski definition) is 1. The van der Waals surface area contributed by atoms with Crippen LogP contribution < -0.4 is 5.32 Å². The summed E-state index contributed by atoms with van der Waals surface area (Å²) in [6, 6.07) is 8.13. The lowest BCUT2D eigenvalue weighted by Crippen LogP contribution is -2.37. The monoisotopic (exact) mass is 384 g/mol. The zero-order valence-electron chi connectivity index (χ0n) is 13.8. The number of furan rings is 1. The Morgan fingerprint density at radius 1 is 1.20 bits per heavy atom. The van der Waals surface area contributed by atoms with Gasteiger partial charge in [-0.05, 0) is 31.2 Å². The molecular formula is C17H18Cl2N2O4. The lowest BCUT2D eigenvalue weighted by atomic mass is 10.3. The molecule has 1 aromatic carbocycles. The Morgan fingerprint density at radius 2 is 1.88 bits per heavy atom. The van der Waals surface area contributed by atoms with Gasteiger partial charge in [-0.3, -0.25) is 9.59 Å². The molecular weight excluding hydrogens is 367 g/mol. The first-order valence-corrected chi connectivity index (χ1v) is 8.32. The smallest absolute Gasteiger partial charge is 0.290 e. The number of nitrogens with one attached hydrogen (secondary N) is 1. The summed E-state index contributed by atoms with van der Waals surface area (Å²) >= 11 is 12.1. The molecule has 25 heavy (non-hydrogen) atoms. The number of para-hydroxylation sites is 1. The maximum absolute atomic E-state index is 12.5. The Hall–Kier alpha value is -2.02. The average molecular weight is 385 g/mol. The van der Waals surface area contributed by atoms with Crippen LogP contribution in [0.1, 0.15) is 23.2 Å². The van der Waals surface area contributed by atoms with Gasteiger partial charge >= 0.3 is 0 Å². The van der Waals surface area contributed by atoms with Gasteiger partial charge in [-0.1, -0.05) is 29.3 Å². The molecule has 0 aliphatic rings. The highest BCUT2D eigenvalue weighted by molar-refractivity contribution is 6.39. The number of hydrogen-bond acceptors (Lipinski definition) is 4. The van der Waals surface area contributed by atoms with E-state index in [0.717, 1.165) is 0 Å². The van der Waals surface area contributed by atoms with Gasteiger partial charge in [-0.15, -0.1) is 0 Å². The predicted molar refractivity (Wildman–Crippen MR) is 96.1 cm³/mol. The first kappa shape index (κ1) is 19.3. The molecule has 2 aromatic rings. The van der Waals surface area contributed by atoms with Gasteiger partial charge in [-0.25, -0.2) is 0 Å². The van der Waals surface area contributed by atoms with Crippen LogP contribution in [0, 0.1) is 0 Å². The zero-order valence-corrected chi connectivity index (χ0v) is 15.4. The molecule has 2 amide bonds. The van der Waals surface area contributed by atoms with E-state index in [4.69, 9.17) is 32.4 Å². The SMILES string of the molecule is CCN(CC(=O)Nc1c(Cl)cccc1Cl)C(=O)c1ccc(COC)o1. The van der Waals surface area contributed by atoms with Crippen molar-refractivity contribution in [2.75, 3.05) is 25.5 Å². The molecule has 0 aliphatic heterocycles. The fourth-order valence-corrected chi connectivity index (χ4v) is 2.66. The van der Waals surface area contributed by atoms with Crippen molar-refractivity contribution in [1.82, 2.24) is 4.90 Å². The quantitative estimate of drug-likeness (QED) is 0.786. The first-order valence-electron chi connectivity index (χ1n) is 7.57. The van der Waals surface area contributed by atoms with E-state index in [1.807, 2.05) is 0 Å². The molecule has 1 heterocycles. The second-order valence-electron chi connectivity index (χ2n) is 5.16. The topological polar surface area (TPSA) is 71.8 Å². The van der Waals surface area contributed by atoms with Gasteiger partial charge in [0.1, 0.15) is 18.9 Å². The van der Waals surface area contributed by atoms with Gasteiger partial charge in [0.25, 0.3) is 5.91 Å². The molecule has 0 saturated carbocycles. The Bertz CT molecular complexity index is 741. The fourth-order valence-electron chi connectivity index (χ4n) is 2.17. The number of carbonyl (C=O) groups is 2. The van der Waals surface area contributed by atoms with Crippen LogP contribution in [0.15, 0.2) is 34.7 Å². The predicted octanol–water partition coefficient (Wildman–Crippen LogP) is 3.83. The molecule has 2 rings (SSSR count). The molecule has 0 atom stereocenters. The summed E-state index contributed by atoms with van der Waals surface area (Å²) in [6.07, 6.45) is 0. The maximum atomic E-state index is 12.5. The third-order valence-corrected chi connectivity index (χ3v) is 4.02. The molecule has 0 fully saturated rings. The third-order valence-electron chi connectivity index (χ3n) is 3.39. The van der Waals surface area contributed by atoms with Crippen LogP contribution in [0.25, 0.3) is 0 Å². The molecule has 0 spiro atoms. The largest absolute Gasteiger partial charge is 0.453 e. The normalized spacial score (nSPS) is 10.6. The van der Waals surface area contributed by atoms with Gasteiger partial charge in [0.2, 0.25) is 5.91 Å². The number of likely N-dealkylation sites (N-methyl/N-ethyl adjacent to an activating group) is 1. The van der Waals surface area contributed by atoms with E-state index in [1.165, 1.54) is 12.0 Å². The van der Waals surface area contributed by atoms with Crippen LogP contribution in [-0.2, 0) is 16.1 Å². The van der Waals surface area contributed by atoms with Crippen LogP contribution in [-0.4, -0.2) is 36.9 Å². The Labute approximate surface area is 155 Å². The Kier molecular flexibility index (Phi) is 6.87. The number of carbonyl (C=O) groups excluding carboxylic acids is 2. The van der Waals surface area contributed by atoms with Crippen LogP contribution >= 0.6 is 23.2 Å². The minimum absolute atomic E-state index is 0.150. The summed E-state index contributed by atoms with van der Waals surface area (Å²) < 4.78 is 10.4. The van der Waals surface area contributed by atoms with Crippen LogP contribution in [0.4, 0.5) is 5.69 Å². The minimum Gasteiger partial charge on any atom is -0.453 e. The number of amides is 2. The van der Waals surface area contributed by atoms with Crippen LogP contribution in [0.5, 0.6) is 0 Å². The lowest BCUT2D eigenvalue weighted by Gasteiger charge is -2.19. The van der Waals surface area contributed by atoms with Crippen molar-refractivity contribution in [2.24, 2.45) is 0 Å². The molecule has 0 aliphatic carbocycles. The molecule has 8 heteroatoms. The van der Waals surface area contributed by atoms with Gasteiger partial charge in [-0.2, -0.15) is 0 Å². The standard InChI is InChI=1S/C17H18Cl2N2O4/c1-3-21(17(23)14-8-7-11(25-14)10-24-2)9-15(22)20-16-12(18)5-4-6-13(16)19/h4-8H,3,9-10H2,1-2H3,(H,20,22). The minimum atomic E-state index is -0.408. The van der Waals surface area contributed by atoms with Crippen LogP contribution in [0.3, 0.4) is 0 Å². The molecule has 0 unspecified atom stereocenters. The van der Waals surface area contributed by atoms with Crippen molar-refractivity contribution >= 4 is 40.7 Å². The summed E-state index contributed by atoms with van der Waals surface area (Å²) in [5.41, 5.74) is 0.319. The van der Waals surface area contributed by atoms with E-state index in [1.54, 1.807) is 37.3 Å². The highest BCUT2D eigenvalue weighted by atomic mass is 35.5. The number of methoxy groups -OCH3 is 1. The van der Waals surface area contributed by atoms with E-state index in [2.05, 4.69) is 5.32 Å². The fraction of sp³-hybridized carbons (Fsp3) is 0.294.